The fourth-order valence-corrected chi connectivity index (χ4v) is 3.37. The van der Waals surface area contributed by atoms with Crippen molar-refractivity contribution >= 4 is 23.4 Å². The Hall–Kier alpha value is -2.93. The predicted molar refractivity (Wildman–Crippen MR) is 114 cm³/mol. The number of hydrogen-bond donors (Lipinski definition) is 0. The van der Waals surface area contributed by atoms with Crippen molar-refractivity contribution in [1.29, 1.82) is 0 Å². The zero-order valence-corrected chi connectivity index (χ0v) is 18.1. The molecule has 30 heavy (non-hydrogen) atoms. The largest absolute Gasteiger partial charge is 0.493 e. The van der Waals surface area contributed by atoms with Crippen LogP contribution in [0.2, 0.25) is 5.02 Å². The molecule has 1 heterocycles. The molecule has 1 saturated heterocycles. The van der Waals surface area contributed by atoms with Gasteiger partial charge in [0.1, 0.15) is 5.75 Å². The van der Waals surface area contributed by atoms with Gasteiger partial charge in [-0.25, -0.2) is 0 Å². The van der Waals surface area contributed by atoms with E-state index < -0.39 is 0 Å². The number of hydrogen-bond acceptors (Lipinski definition) is 5. The van der Waals surface area contributed by atoms with Gasteiger partial charge in [-0.2, -0.15) is 0 Å². The van der Waals surface area contributed by atoms with Crippen LogP contribution >= 0.6 is 11.6 Å². The van der Waals surface area contributed by atoms with E-state index in [-0.39, 0.29) is 18.4 Å². The lowest BCUT2D eigenvalue weighted by Crippen LogP contribution is -2.51. The Morgan fingerprint density at radius 2 is 1.60 bits per heavy atom. The van der Waals surface area contributed by atoms with Gasteiger partial charge in [-0.05, 0) is 48.9 Å². The first kappa shape index (κ1) is 21.8. The molecule has 0 N–H and O–H groups in total. The Labute approximate surface area is 181 Å². The molecule has 0 radical (unpaired) electrons. The van der Waals surface area contributed by atoms with Crippen LogP contribution < -0.4 is 14.2 Å². The van der Waals surface area contributed by atoms with Crippen molar-refractivity contribution in [2.75, 3.05) is 47.0 Å². The molecule has 1 aliphatic heterocycles. The smallest absolute Gasteiger partial charge is 0.260 e. The standard InChI is InChI=1S/C22H25ClN2O5/c1-15-12-17(5-6-18(15)23)30-14-21(26)24-8-10-25(11-9-24)22(27)16-4-7-19(28-2)20(13-16)29-3/h4-7,12-13H,8-11,14H2,1-3H3. The number of rotatable bonds is 6. The summed E-state index contributed by atoms with van der Waals surface area (Å²) < 4.78 is 16.1. The number of halogens is 1. The first-order chi connectivity index (χ1) is 14.4. The Balaban J connectivity index is 1.53. The summed E-state index contributed by atoms with van der Waals surface area (Å²) in [4.78, 5) is 28.7. The third-order valence-electron chi connectivity index (χ3n) is 5.04. The summed E-state index contributed by atoms with van der Waals surface area (Å²) in [6.07, 6.45) is 0. The monoisotopic (exact) mass is 432 g/mol. The van der Waals surface area contributed by atoms with Crippen molar-refractivity contribution in [3.63, 3.8) is 0 Å². The second-order valence-corrected chi connectivity index (χ2v) is 7.35. The van der Waals surface area contributed by atoms with E-state index in [1.54, 1.807) is 53.3 Å². The summed E-state index contributed by atoms with van der Waals surface area (Å²) in [5.74, 6) is 1.47. The van der Waals surface area contributed by atoms with E-state index in [1.807, 2.05) is 6.92 Å². The van der Waals surface area contributed by atoms with Gasteiger partial charge in [-0.3, -0.25) is 9.59 Å². The van der Waals surface area contributed by atoms with E-state index in [9.17, 15) is 9.59 Å². The molecule has 0 aromatic heterocycles. The summed E-state index contributed by atoms with van der Waals surface area (Å²) in [5, 5.41) is 0.656. The van der Waals surface area contributed by atoms with Crippen LogP contribution in [0.5, 0.6) is 17.2 Å². The molecule has 3 rings (SSSR count). The highest BCUT2D eigenvalue weighted by Gasteiger charge is 2.25. The quantitative estimate of drug-likeness (QED) is 0.701. The second-order valence-electron chi connectivity index (χ2n) is 6.94. The van der Waals surface area contributed by atoms with E-state index in [0.717, 1.165) is 5.56 Å². The number of ether oxygens (including phenoxy) is 3. The van der Waals surface area contributed by atoms with Crippen LogP contribution in [0.3, 0.4) is 0 Å². The van der Waals surface area contributed by atoms with Gasteiger partial charge in [0.2, 0.25) is 0 Å². The van der Waals surface area contributed by atoms with Crippen molar-refractivity contribution < 1.29 is 23.8 Å². The molecule has 160 valence electrons. The highest BCUT2D eigenvalue weighted by atomic mass is 35.5. The highest BCUT2D eigenvalue weighted by molar-refractivity contribution is 6.31. The summed E-state index contributed by atoms with van der Waals surface area (Å²) in [5.41, 5.74) is 1.41. The normalized spacial score (nSPS) is 13.7. The summed E-state index contributed by atoms with van der Waals surface area (Å²) >= 11 is 6.00. The van der Waals surface area contributed by atoms with Gasteiger partial charge in [-0.15, -0.1) is 0 Å². The van der Waals surface area contributed by atoms with Gasteiger partial charge in [0.15, 0.2) is 18.1 Å². The average molecular weight is 433 g/mol. The maximum Gasteiger partial charge on any atom is 0.260 e. The number of aryl methyl sites for hydroxylation is 1. The molecule has 0 atom stereocenters. The van der Waals surface area contributed by atoms with Crippen LogP contribution in [0, 0.1) is 6.92 Å². The van der Waals surface area contributed by atoms with Crippen molar-refractivity contribution in [1.82, 2.24) is 9.80 Å². The maximum atomic E-state index is 12.8. The van der Waals surface area contributed by atoms with Crippen molar-refractivity contribution in [3.05, 3.63) is 52.5 Å². The van der Waals surface area contributed by atoms with Crippen LogP contribution in [0.15, 0.2) is 36.4 Å². The van der Waals surface area contributed by atoms with E-state index >= 15 is 0 Å². The molecule has 2 amide bonds. The zero-order valence-electron chi connectivity index (χ0n) is 17.3. The molecule has 7 nitrogen and oxygen atoms in total. The van der Waals surface area contributed by atoms with Crippen LogP contribution in [0.25, 0.3) is 0 Å². The first-order valence-electron chi connectivity index (χ1n) is 9.61. The fraction of sp³-hybridized carbons (Fsp3) is 0.364. The van der Waals surface area contributed by atoms with Crippen LogP contribution in [-0.4, -0.2) is 68.6 Å². The molecule has 2 aromatic rings. The zero-order chi connectivity index (χ0) is 21.7. The third kappa shape index (κ3) is 4.97. The van der Waals surface area contributed by atoms with Gasteiger partial charge < -0.3 is 24.0 Å². The molecular weight excluding hydrogens is 408 g/mol. The molecule has 0 spiro atoms. The number of carbonyl (C=O) groups is 2. The van der Waals surface area contributed by atoms with Gasteiger partial charge in [-0.1, -0.05) is 11.6 Å². The Bertz CT molecular complexity index is 926. The predicted octanol–water partition coefficient (Wildman–Crippen LogP) is 3.03. The molecule has 2 aromatic carbocycles. The SMILES string of the molecule is COc1ccc(C(=O)N2CCN(C(=O)COc3ccc(Cl)c(C)c3)CC2)cc1OC. The van der Waals surface area contributed by atoms with E-state index in [2.05, 4.69) is 0 Å². The molecule has 0 saturated carbocycles. The number of carbonyl (C=O) groups excluding carboxylic acids is 2. The number of amides is 2. The molecule has 0 aliphatic carbocycles. The molecule has 8 heteroatoms. The van der Waals surface area contributed by atoms with Gasteiger partial charge >= 0.3 is 0 Å². The van der Waals surface area contributed by atoms with Crippen LogP contribution in [0.4, 0.5) is 0 Å². The lowest BCUT2D eigenvalue weighted by atomic mass is 10.1. The Morgan fingerprint density at radius 3 is 2.23 bits per heavy atom. The summed E-state index contributed by atoms with van der Waals surface area (Å²) in [6.45, 7) is 3.66. The Kier molecular flexibility index (Phi) is 7.05. The number of nitrogens with zero attached hydrogens (tertiary/aromatic N) is 2. The van der Waals surface area contributed by atoms with Gasteiger partial charge in [0.25, 0.3) is 11.8 Å². The minimum absolute atomic E-state index is 0.0509. The molecule has 0 bridgehead atoms. The van der Waals surface area contributed by atoms with Crippen LogP contribution in [0.1, 0.15) is 15.9 Å². The average Bonchev–Trinajstić information content (AvgIpc) is 2.78. The minimum Gasteiger partial charge on any atom is -0.493 e. The third-order valence-corrected chi connectivity index (χ3v) is 5.47. The lowest BCUT2D eigenvalue weighted by Gasteiger charge is -2.34. The first-order valence-corrected chi connectivity index (χ1v) is 9.98. The fourth-order valence-electron chi connectivity index (χ4n) is 3.25. The van der Waals surface area contributed by atoms with E-state index in [0.29, 0.717) is 54.0 Å². The number of methoxy groups -OCH3 is 2. The Morgan fingerprint density at radius 1 is 0.933 bits per heavy atom. The van der Waals surface area contributed by atoms with E-state index in [1.165, 1.54) is 7.11 Å². The van der Waals surface area contributed by atoms with Crippen LogP contribution in [-0.2, 0) is 4.79 Å². The van der Waals surface area contributed by atoms with Gasteiger partial charge in [0.05, 0.1) is 14.2 Å². The molecule has 1 aliphatic rings. The number of benzene rings is 2. The topological polar surface area (TPSA) is 68.3 Å². The second kappa shape index (κ2) is 9.71. The molecule has 0 unspecified atom stereocenters. The maximum absolute atomic E-state index is 12.8. The minimum atomic E-state index is -0.110. The van der Waals surface area contributed by atoms with Crippen molar-refractivity contribution in [3.8, 4) is 17.2 Å². The highest BCUT2D eigenvalue weighted by Crippen LogP contribution is 2.28. The molecule has 1 fully saturated rings. The summed E-state index contributed by atoms with van der Waals surface area (Å²) in [6, 6.07) is 10.4. The number of piperazine rings is 1. The lowest BCUT2D eigenvalue weighted by molar-refractivity contribution is -0.134. The van der Waals surface area contributed by atoms with E-state index in [4.69, 9.17) is 25.8 Å². The summed E-state index contributed by atoms with van der Waals surface area (Å²) in [7, 11) is 3.08. The van der Waals surface area contributed by atoms with Crippen molar-refractivity contribution in [2.24, 2.45) is 0 Å². The van der Waals surface area contributed by atoms with Crippen molar-refractivity contribution in [2.45, 2.75) is 6.92 Å². The van der Waals surface area contributed by atoms with Gasteiger partial charge in [0, 0.05) is 36.8 Å². The molecular formula is C22H25ClN2O5.